The van der Waals surface area contributed by atoms with E-state index in [4.69, 9.17) is 0 Å². The van der Waals surface area contributed by atoms with Gasteiger partial charge in [0.15, 0.2) is 0 Å². The molecule has 6 aromatic carbocycles. The van der Waals surface area contributed by atoms with Gasteiger partial charge in [0.25, 0.3) is 0 Å². The summed E-state index contributed by atoms with van der Waals surface area (Å²) in [6.07, 6.45) is 0. The molecule has 0 aliphatic carbocycles. The van der Waals surface area contributed by atoms with Crippen molar-refractivity contribution in [1.29, 1.82) is 0 Å². The predicted molar refractivity (Wildman–Crippen MR) is 165 cm³/mol. The van der Waals surface area contributed by atoms with Crippen LogP contribution in [0, 0.1) is 0 Å². The van der Waals surface area contributed by atoms with Crippen molar-refractivity contribution in [3.05, 3.63) is 146 Å². The minimum absolute atomic E-state index is 1.06. The topological polar surface area (TPSA) is 21.9 Å². The number of hydrogen-bond acceptors (Lipinski definition) is 1. The van der Waals surface area contributed by atoms with Crippen molar-refractivity contribution >= 4 is 55.0 Å². The van der Waals surface area contributed by atoms with Crippen LogP contribution in [0.15, 0.2) is 146 Å². The van der Waals surface area contributed by atoms with Crippen LogP contribution in [0.1, 0.15) is 0 Å². The standard InChI is InChI=1S/C36H25N3/c1-3-11-27(12-4-1)38-33-17-9-7-15-29(33)31-21-19-25(23-35(31)38)37-26-20-22-32-30-16-8-10-18-34(30)39(36(32)24-26)28-13-5-2-6-14-28/h1-24,37H. The molecule has 0 atom stereocenters. The van der Waals surface area contributed by atoms with Gasteiger partial charge in [-0.25, -0.2) is 0 Å². The number of benzene rings is 6. The number of nitrogens with zero attached hydrogens (tertiary/aromatic N) is 2. The Labute approximate surface area is 226 Å². The molecule has 3 heteroatoms. The summed E-state index contributed by atoms with van der Waals surface area (Å²) in [6, 6.07) is 51.8. The molecule has 0 aliphatic heterocycles. The quantitative estimate of drug-likeness (QED) is 0.256. The molecule has 2 aromatic heterocycles. The Morgan fingerprint density at radius 1 is 0.333 bits per heavy atom. The van der Waals surface area contributed by atoms with E-state index in [0.717, 1.165) is 22.7 Å². The zero-order valence-electron chi connectivity index (χ0n) is 21.3. The minimum atomic E-state index is 1.06. The lowest BCUT2D eigenvalue weighted by Crippen LogP contribution is -1.96. The Kier molecular flexibility index (Phi) is 4.82. The van der Waals surface area contributed by atoms with Crippen molar-refractivity contribution in [1.82, 2.24) is 9.13 Å². The maximum absolute atomic E-state index is 3.71. The van der Waals surface area contributed by atoms with Crippen LogP contribution in [-0.4, -0.2) is 9.13 Å². The lowest BCUT2D eigenvalue weighted by atomic mass is 10.1. The van der Waals surface area contributed by atoms with Gasteiger partial charge in [0.1, 0.15) is 0 Å². The summed E-state index contributed by atoms with van der Waals surface area (Å²) in [7, 11) is 0. The minimum Gasteiger partial charge on any atom is -0.355 e. The Hall–Kier alpha value is -5.28. The highest BCUT2D eigenvalue weighted by atomic mass is 15.0. The fourth-order valence-corrected chi connectivity index (χ4v) is 5.97. The van der Waals surface area contributed by atoms with E-state index in [-0.39, 0.29) is 0 Å². The van der Waals surface area contributed by atoms with Gasteiger partial charge < -0.3 is 14.5 Å². The van der Waals surface area contributed by atoms with Gasteiger partial charge in [0, 0.05) is 44.3 Å². The molecule has 8 rings (SSSR count). The predicted octanol–water partition coefficient (Wildman–Crippen LogP) is 9.62. The zero-order chi connectivity index (χ0) is 25.8. The fourth-order valence-electron chi connectivity index (χ4n) is 5.97. The molecule has 0 radical (unpaired) electrons. The highest BCUT2D eigenvalue weighted by Gasteiger charge is 2.14. The van der Waals surface area contributed by atoms with Crippen molar-refractivity contribution in [3.8, 4) is 11.4 Å². The number of anilines is 2. The Bertz CT molecular complexity index is 1980. The summed E-state index contributed by atoms with van der Waals surface area (Å²) >= 11 is 0. The van der Waals surface area contributed by atoms with Gasteiger partial charge in [-0.15, -0.1) is 0 Å². The van der Waals surface area contributed by atoms with Crippen molar-refractivity contribution in [3.63, 3.8) is 0 Å². The molecule has 0 aliphatic rings. The second-order valence-corrected chi connectivity index (χ2v) is 9.97. The average molecular weight is 500 g/mol. The first-order valence-electron chi connectivity index (χ1n) is 13.3. The maximum atomic E-state index is 3.71. The second-order valence-electron chi connectivity index (χ2n) is 9.97. The van der Waals surface area contributed by atoms with Crippen molar-refractivity contribution in [2.45, 2.75) is 0 Å². The van der Waals surface area contributed by atoms with Crippen LogP contribution in [0.2, 0.25) is 0 Å². The molecule has 1 N–H and O–H groups in total. The van der Waals surface area contributed by atoms with Gasteiger partial charge in [-0.05, 0) is 60.7 Å². The molecule has 2 heterocycles. The van der Waals surface area contributed by atoms with Crippen LogP contribution < -0.4 is 5.32 Å². The number of fused-ring (bicyclic) bond motifs is 6. The van der Waals surface area contributed by atoms with E-state index in [9.17, 15) is 0 Å². The van der Waals surface area contributed by atoms with Crippen molar-refractivity contribution in [2.24, 2.45) is 0 Å². The molecule has 39 heavy (non-hydrogen) atoms. The van der Waals surface area contributed by atoms with Crippen molar-refractivity contribution < 1.29 is 0 Å². The molecule has 0 fully saturated rings. The van der Waals surface area contributed by atoms with Crippen LogP contribution in [-0.2, 0) is 0 Å². The zero-order valence-corrected chi connectivity index (χ0v) is 21.3. The Morgan fingerprint density at radius 3 is 1.18 bits per heavy atom. The summed E-state index contributed by atoms with van der Waals surface area (Å²) in [6.45, 7) is 0. The molecular weight excluding hydrogens is 474 g/mol. The first kappa shape index (κ1) is 21.8. The highest BCUT2D eigenvalue weighted by molar-refractivity contribution is 6.11. The normalized spacial score (nSPS) is 11.6. The molecule has 0 spiro atoms. The molecule has 0 saturated carbocycles. The third kappa shape index (κ3) is 3.44. The SMILES string of the molecule is c1ccc(-n2c3ccccc3c3ccc(Nc4ccc5c6ccccc6n(-c6ccccc6)c5c4)cc32)cc1. The summed E-state index contributed by atoms with van der Waals surface area (Å²) in [5.74, 6) is 0. The third-order valence-electron chi connectivity index (χ3n) is 7.66. The largest absolute Gasteiger partial charge is 0.355 e. The molecule has 3 nitrogen and oxygen atoms in total. The van der Waals surface area contributed by atoms with E-state index < -0.39 is 0 Å². The molecular formula is C36H25N3. The van der Waals surface area contributed by atoms with Gasteiger partial charge in [-0.3, -0.25) is 0 Å². The van der Waals surface area contributed by atoms with Crippen LogP contribution in [0.5, 0.6) is 0 Å². The van der Waals surface area contributed by atoms with Crippen LogP contribution in [0.4, 0.5) is 11.4 Å². The number of para-hydroxylation sites is 4. The first-order chi connectivity index (χ1) is 19.3. The molecule has 8 aromatic rings. The lowest BCUT2D eigenvalue weighted by Gasteiger charge is -2.11. The van der Waals surface area contributed by atoms with Gasteiger partial charge >= 0.3 is 0 Å². The van der Waals surface area contributed by atoms with Gasteiger partial charge in [-0.1, -0.05) is 84.9 Å². The summed E-state index contributed by atoms with van der Waals surface area (Å²) in [5, 5.41) is 8.73. The van der Waals surface area contributed by atoms with Gasteiger partial charge in [-0.2, -0.15) is 0 Å². The molecule has 0 bridgehead atoms. The number of aromatic nitrogens is 2. The van der Waals surface area contributed by atoms with E-state index in [1.807, 2.05) is 0 Å². The average Bonchev–Trinajstić information content (AvgIpc) is 3.50. The highest BCUT2D eigenvalue weighted by Crippen LogP contribution is 2.36. The Morgan fingerprint density at radius 2 is 0.718 bits per heavy atom. The van der Waals surface area contributed by atoms with Crippen LogP contribution >= 0.6 is 0 Å². The van der Waals surface area contributed by atoms with Gasteiger partial charge in [0.05, 0.1) is 22.1 Å². The Balaban J connectivity index is 1.29. The van der Waals surface area contributed by atoms with E-state index >= 15 is 0 Å². The monoisotopic (exact) mass is 499 g/mol. The van der Waals surface area contributed by atoms with Crippen LogP contribution in [0.25, 0.3) is 55.0 Å². The smallest absolute Gasteiger partial charge is 0.0561 e. The first-order valence-corrected chi connectivity index (χ1v) is 13.3. The summed E-state index contributed by atoms with van der Waals surface area (Å²) < 4.78 is 4.71. The second kappa shape index (κ2) is 8.64. The summed E-state index contributed by atoms with van der Waals surface area (Å²) in [4.78, 5) is 0. The molecule has 184 valence electrons. The molecule has 0 amide bonds. The lowest BCUT2D eigenvalue weighted by molar-refractivity contribution is 1.18. The van der Waals surface area contributed by atoms with Gasteiger partial charge in [0.2, 0.25) is 0 Å². The number of hydrogen-bond donors (Lipinski definition) is 1. The van der Waals surface area contributed by atoms with Crippen molar-refractivity contribution in [2.75, 3.05) is 5.32 Å². The van der Waals surface area contributed by atoms with E-state index in [2.05, 4.69) is 160 Å². The summed E-state index contributed by atoms with van der Waals surface area (Å²) in [5.41, 5.74) is 9.24. The maximum Gasteiger partial charge on any atom is 0.0561 e. The number of rotatable bonds is 4. The van der Waals surface area contributed by atoms with E-state index in [1.54, 1.807) is 0 Å². The van der Waals surface area contributed by atoms with E-state index in [1.165, 1.54) is 43.6 Å². The number of nitrogens with one attached hydrogen (secondary N) is 1. The fraction of sp³-hybridized carbons (Fsp3) is 0. The van der Waals surface area contributed by atoms with E-state index in [0.29, 0.717) is 0 Å². The third-order valence-corrected chi connectivity index (χ3v) is 7.66. The molecule has 0 saturated heterocycles. The van der Waals surface area contributed by atoms with Crippen LogP contribution in [0.3, 0.4) is 0 Å². The molecule has 0 unspecified atom stereocenters.